The molecule has 0 aromatic heterocycles. The van der Waals surface area contributed by atoms with E-state index in [-0.39, 0.29) is 128 Å². The Labute approximate surface area is 407 Å². The molecule has 6 aromatic carbocycles. The minimum Gasteiger partial charge on any atom is -0.870 e. The molecule has 288 valence electrons. The van der Waals surface area contributed by atoms with Crippen LogP contribution in [0.5, 0.6) is 5.75 Å². The number of benzene rings is 6. The minimum atomic E-state index is -5.06. The van der Waals surface area contributed by atoms with Crippen LogP contribution >= 0.6 is 0 Å². The molecule has 0 unspecified atom stereocenters. The zero-order valence-corrected chi connectivity index (χ0v) is 39.3. The molecule has 0 aliphatic heterocycles. The third kappa shape index (κ3) is 12.3. The molecule has 60 heavy (non-hydrogen) atoms. The number of hydrogen-bond acceptors (Lipinski definition) is 17. The molecule has 19 nitrogen and oxygen atoms in total. The summed E-state index contributed by atoms with van der Waals surface area (Å²) in [5.74, 6) is -4.59. The Balaban J connectivity index is 0.00000320. The first kappa shape index (κ1) is 49.9. The van der Waals surface area contributed by atoms with E-state index in [4.69, 9.17) is 11.5 Å². The number of hydrogen-bond donors (Lipinski definition) is 4. The molecule has 0 aliphatic carbocycles. The van der Waals surface area contributed by atoms with Crippen molar-refractivity contribution in [3.63, 3.8) is 0 Å². The second-order valence-corrected chi connectivity index (χ2v) is 14.6. The van der Waals surface area contributed by atoms with Crippen LogP contribution in [0, 0.1) is 0 Å². The molecule has 6 rings (SSSR count). The Bertz CT molecular complexity index is 2920. The number of nitrogen functional groups attached to an aromatic ring is 2. The molecular formula is C36H24N9Na3O10S2. The van der Waals surface area contributed by atoms with Crippen LogP contribution < -0.4 is 116 Å². The maximum atomic E-state index is 13.0. The summed E-state index contributed by atoms with van der Waals surface area (Å²) in [4.78, 5) is 21.3. The summed E-state index contributed by atoms with van der Waals surface area (Å²) >= 11 is 0. The monoisotopic (exact) mass is 875 g/mol. The zero-order valence-electron chi connectivity index (χ0n) is 31.7. The van der Waals surface area contributed by atoms with Crippen LogP contribution in [0.25, 0.3) is 21.9 Å². The van der Waals surface area contributed by atoms with Gasteiger partial charge in [-0.2, -0.15) is 28.9 Å². The Hall–Kier alpha value is -4.46. The van der Waals surface area contributed by atoms with Crippen LogP contribution in [0.15, 0.2) is 150 Å². The predicted octanol–water partition coefficient (Wildman–Crippen LogP) is -3.16. The van der Waals surface area contributed by atoms with Gasteiger partial charge in [-0.05, 0) is 95.4 Å². The Morgan fingerprint density at radius 3 is 1.72 bits per heavy atom. The average Bonchev–Trinajstić information content (AvgIpc) is 3.16. The molecular weight excluding hydrogens is 852 g/mol. The first-order valence-electron chi connectivity index (χ1n) is 15.9. The molecule has 0 bridgehead atoms. The van der Waals surface area contributed by atoms with Gasteiger partial charge in [0.05, 0.1) is 43.9 Å². The number of nitrogens with two attached hydrogens (primary N) is 2. The fourth-order valence-corrected chi connectivity index (χ4v) is 6.26. The van der Waals surface area contributed by atoms with Crippen molar-refractivity contribution < 1.29 is 134 Å². The van der Waals surface area contributed by atoms with Gasteiger partial charge in [-0.15, -0.1) is 10.2 Å². The molecule has 6 N–H and O–H groups in total. The SMILES string of the molecule is Nc1ccc(N=Nc2ccc(N=Nc3ccc(-c4ccc(N=Nc5c([O-])c(S(=O)(=O)O)cc6cc(S(=O)(=O)[O-])ccc56)cc4)cc3)c(NC(=O)C(=O)[O-])c2)c(N)c1.[Na+].[Na+].[Na+]. The molecule has 0 aliphatic rings. The number of rotatable bonds is 10. The smallest absolute Gasteiger partial charge is 0.870 e. The number of fused-ring (bicyclic) bond motifs is 1. The summed E-state index contributed by atoms with van der Waals surface area (Å²) < 4.78 is 67.9. The number of amides is 1. The molecule has 1 amide bonds. The fraction of sp³-hybridized carbons (Fsp3) is 0. The third-order valence-electron chi connectivity index (χ3n) is 7.92. The van der Waals surface area contributed by atoms with E-state index in [2.05, 4.69) is 36.0 Å². The van der Waals surface area contributed by atoms with Gasteiger partial charge in [-0.25, -0.2) is 8.42 Å². The van der Waals surface area contributed by atoms with Crippen LogP contribution in [-0.4, -0.2) is 37.8 Å². The number of carbonyl (C=O) groups is 2. The maximum absolute atomic E-state index is 13.0. The zero-order chi connectivity index (χ0) is 41.1. The maximum Gasteiger partial charge on any atom is 1.00 e. The molecule has 0 radical (unpaired) electrons. The van der Waals surface area contributed by atoms with Gasteiger partial charge in [0.1, 0.15) is 27.5 Å². The molecule has 0 spiro atoms. The molecule has 24 heteroatoms. The summed E-state index contributed by atoms with van der Waals surface area (Å²) in [5.41, 5.74) is 14.5. The van der Waals surface area contributed by atoms with Gasteiger partial charge in [0, 0.05) is 11.1 Å². The van der Waals surface area contributed by atoms with Crippen molar-refractivity contribution in [1.82, 2.24) is 0 Å². The summed E-state index contributed by atoms with van der Waals surface area (Å²) in [5, 5.41) is 50.5. The fourth-order valence-electron chi connectivity index (χ4n) is 5.15. The normalized spacial score (nSPS) is 11.6. The first-order valence-corrected chi connectivity index (χ1v) is 18.8. The predicted molar refractivity (Wildman–Crippen MR) is 201 cm³/mol. The Morgan fingerprint density at radius 1 is 0.633 bits per heavy atom. The molecule has 0 fully saturated rings. The third-order valence-corrected chi connectivity index (χ3v) is 9.61. The summed E-state index contributed by atoms with van der Waals surface area (Å²) in [7, 11) is -9.99. The van der Waals surface area contributed by atoms with E-state index in [0.717, 1.165) is 29.8 Å². The second kappa shape index (κ2) is 20.9. The summed E-state index contributed by atoms with van der Waals surface area (Å²) in [6, 6.07) is 25.7. The van der Waals surface area contributed by atoms with Crippen molar-refractivity contribution in [2.75, 3.05) is 16.8 Å². The minimum absolute atomic E-state index is 0. The molecule has 0 heterocycles. The standard InChI is InChI=1S/C36H27N9O10S2.3Na/c37-22-5-13-29(28(38)17-22)43-42-25-10-14-30(31(18-25)39-35(47)36(48)49)44-40-23-6-1-19(2-7-23)20-3-8-24(9-4-20)41-45-33-27-12-11-26(56(50,51)52)15-21(27)16-32(34(33)46)57(53,54)55;;;/h1-18,46H,37-38H2,(H,39,47)(H,48,49)(H,50,51,52)(H,53,54,55);;;/q;3*+1/p-3. The van der Waals surface area contributed by atoms with Crippen molar-refractivity contribution >= 4 is 94.1 Å². The number of nitrogens with zero attached hydrogens (tertiary/aromatic N) is 6. The van der Waals surface area contributed by atoms with Crippen LogP contribution in [0.1, 0.15) is 0 Å². The number of aliphatic carboxylic acids is 1. The molecule has 0 saturated heterocycles. The summed E-state index contributed by atoms with van der Waals surface area (Å²) in [6.07, 6.45) is 0. The Morgan fingerprint density at radius 2 is 1.17 bits per heavy atom. The van der Waals surface area contributed by atoms with Gasteiger partial charge in [-0.1, -0.05) is 36.1 Å². The number of azo groups is 3. The van der Waals surface area contributed by atoms with Crippen LogP contribution in [0.2, 0.25) is 0 Å². The van der Waals surface area contributed by atoms with Gasteiger partial charge in [0.2, 0.25) is 0 Å². The van der Waals surface area contributed by atoms with Crippen LogP contribution in [0.4, 0.5) is 51.2 Å². The molecule has 0 atom stereocenters. The summed E-state index contributed by atoms with van der Waals surface area (Å²) in [6.45, 7) is 0. The van der Waals surface area contributed by atoms with Gasteiger partial charge in [0.15, 0.2) is 0 Å². The first-order chi connectivity index (χ1) is 27.0. The van der Waals surface area contributed by atoms with E-state index in [1.165, 1.54) is 24.3 Å². The van der Waals surface area contributed by atoms with E-state index in [1.54, 1.807) is 60.7 Å². The largest absolute Gasteiger partial charge is 1.00 e. The van der Waals surface area contributed by atoms with E-state index in [0.29, 0.717) is 22.6 Å². The van der Waals surface area contributed by atoms with Crippen LogP contribution in [-0.2, 0) is 29.8 Å². The van der Waals surface area contributed by atoms with Crippen molar-refractivity contribution in [1.29, 1.82) is 0 Å². The van der Waals surface area contributed by atoms with Crippen molar-refractivity contribution in [3.8, 4) is 16.9 Å². The average molecular weight is 876 g/mol. The number of carboxylic acids is 1. The number of anilines is 3. The quantitative estimate of drug-likeness (QED) is 0.0349. The van der Waals surface area contributed by atoms with Crippen molar-refractivity contribution in [2.24, 2.45) is 30.7 Å². The van der Waals surface area contributed by atoms with Gasteiger partial charge in [-0.3, -0.25) is 9.35 Å². The van der Waals surface area contributed by atoms with Gasteiger partial charge < -0.3 is 36.3 Å². The topological polar surface area (TPSA) is 330 Å². The van der Waals surface area contributed by atoms with Crippen molar-refractivity contribution in [2.45, 2.75) is 9.79 Å². The molecule has 0 saturated carbocycles. The number of nitrogens with one attached hydrogen (secondary N) is 1. The van der Waals surface area contributed by atoms with E-state index < -0.39 is 53.3 Å². The number of carboxylic acid groups (broad SMARTS) is 1. The van der Waals surface area contributed by atoms with Gasteiger partial charge >= 0.3 is 88.7 Å². The van der Waals surface area contributed by atoms with E-state index >= 15 is 0 Å². The number of carbonyl (C=O) groups excluding carboxylic acids is 2. The van der Waals surface area contributed by atoms with E-state index in [1.807, 2.05) is 0 Å². The molecule has 6 aromatic rings. The van der Waals surface area contributed by atoms with Gasteiger partial charge in [0.25, 0.3) is 16.0 Å². The Kier molecular flexibility index (Phi) is 17.4. The second-order valence-electron chi connectivity index (χ2n) is 11.8. The van der Waals surface area contributed by atoms with E-state index in [9.17, 15) is 45.7 Å². The van der Waals surface area contributed by atoms with Crippen LogP contribution in [0.3, 0.4) is 0 Å². The van der Waals surface area contributed by atoms with Crippen molar-refractivity contribution in [3.05, 3.63) is 109 Å².